The third kappa shape index (κ3) is 2.99. The van der Waals surface area contributed by atoms with E-state index in [1.807, 2.05) is 37.3 Å². The Morgan fingerprint density at radius 3 is 2.58 bits per heavy atom. The number of nitrogens with zero attached hydrogens (tertiary/aromatic N) is 1. The van der Waals surface area contributed by atoms with Crippen LogP contribution in [-0.2, 0) is 6.61 Å². The number of ketones is 1. The number of para-hydroxylation sites is 1. The largest absolute Gasteiger partial charge is 0.489 e. The zero-order valence-electron chi connectivity index (χ0n) is 10.6. The van der Waals surface area contributed by atoms with Crippen molar-refractivity contribution in [1.29, 1.82) is 5.26 Å². The fourth-order valence-electron chi connectivity index (χ4n) is 1.80. The van der Waals surface area contributed by atoms with Crippen molar-refractivity contribution in [2.24, 2.45) is 0 Å². The summed E-state index contributed by atoms with van der Waals surface area (Å²) >= 11 is 0. The van der Waals surface area contributed by atoms with E-state index in [1.165, 1.54) is 0 Å². The number of nitriles is 1. The molecule has 0 atom stereocenters. The Balaban J connectivity index is 2.19. The fourth-order valence-corrected chi connectivity index (χ4v) is 1.80. The number of aryl methyl sites for hydroxylation is 1. The number of carbonyl (C=O) groups excluding carboxylic acids is 1. The van der Waals surface area contributed by atoms with Crippen molar-refractivity contribution in [1.82, 2.24) is 0 Å². The molecule has 0 amide bonds. The minimum absolute atomic E-state index is 0.272. The number of carbonyl (C=O) groups is 1. The quantitative estimate of drug-likeness (QED) is 0.619. The molecule has 0 heterocycles. The maximum absolute atomic E-state index is 11.5. The molecule has 19 heavy (non-hydrogen) atoms. The third-order valence-electron chi connectivity index (χ3n) is 2.84. The van der Waals surface area contributed by atoms with Gasteiger partial charge in [0, 0.05) is 11.1 Å². The lowest BCUT2D eigenvalue weighted by atomic mass is 10.1. The molecule has 0 saturated heterocycles. The number of benzene rings is 2. The first-order chi connectivity index (χ1) is 9.22. The van der Waals surface area contributed by atoms with E-state index in [4.69, 9.17) is 10.00 Å². The van der Waals surface area contributed by atoms with Crippen LogP contribution in [0.1, 0.15) is 21.5 Å². The standard InChI is InChI=1S/C16H13NO2/c1-12-6-2-5-9-16(12)19-11-13-7-3-4-8-14(13)15(18)10-17/h2-9H,11H2,1H3. The molecule has 0 spiro atoms. The second kappa shape index (κ2) is 5.83. The van der Waals surface area contributed by atoms with Gasteiger partial charge in [-0.25, -0.2) is 0 Å². The maximum Gasteiger partial charge on any atom is 0.262 e. The van der Waals surface area contributed by atoms with E-state index in [0.29, 0.717) is 5.56 Å². The zero-order valence-corrected chi connectivity index (χ0v) is 10.6. The van der Waals surface area contributed by atoms with Crippen molar-refractivity contribution < 1.29 is 9.53 Å². The molecular formula is C16H13NO2. The van der Waals surface area contributed by atoms with Crippen molar-refractivity contribution in [3.8, 4) is 11.8 Å². The molecule has 94 valence electrons. The molecule has 0 unspecified atom stereocenters. The second-order valence-corrected chi connectivity index (χ2v) is 4.15. The van der Waals surface area contributed by atoms with Crippen LogP contribution in [0.25, 0.3) is 0 Å². The van der Waals surface area contributed by atoms with Gasteiger partial charge in [-0.3, -0.25) is 4.79 Å². The highest BCUT2D eigenvalue weighted by Gasteiger charge is 2.10. The number of ether oxygens (including phenoxy) is 1. The monoisotopic (exact) mass is 251 g/mol. The average Bonchev–Trinajstić information content (AvgIpc) is 2.46. The van der Waals surface area contributed by atoms with Crippen molar-refractivity contribution in [2.75, 3.05) is 0 Å². The Hall–Kier alpha value is -2.60. The summed E-state index contributed by atoms with van der Waals surface area (Å²) in [5.74, 6) is 0.241. The summed E-state index contributed by atoms with van der Waals surface area (Å²) < 4.78 is 5.70. The molecule has 0 bridgehead atoms. The van der Waals surface area contributed by atoms with Crippen LogP contribution in [0.5, 0.6) is 5.75 Å². The molecule has 0 aromatic heterocycles. The number of rotatable bonds is 4. The molecule has 0 aliphatic rings. The van der Waals surface area contributed by atoms with Gasteiger partial charge in [0.25, 0.3) is 5.78 Å². The van der Waals surface area contributed by atoms with Crippen LogP contribution < -0.4 is 4.74 Å². The van der Waals surface area contributed by atoms with Gasteiger partial charge in [0.05, 0.1) is 0 Å². The van der Waals surface area contributed by atoms with Gasteiger partial charge in [0.2, 0.25) is 0 Å². The molecule has 2 rings (SSSR count). The van der Waals surface area contributed by atoms with Crippen LogP contribution >= 0.6 is 0 Å². The van der Waals surface area contributed by atoms with Gasteiger partial charge >= 0.3 is 0 Å². The van der Waals surface area contributed by atoms with Gasteiger partial charge in [-0.1, -0.05) is 36.4 Å². The van der Waals surface area contributed by atoms with E-state index in [2.05, 4.69) is 0 Å². The minimum atomic E-state index is -0.538. The van der Waals surface area contributed by atoms with E-state index < -0.39 is 5.78 Å². The van der Waals surface area contributed by atoms with Crippen LogP contribution in [0, 0.1) is 18.3 Å². The Labute approximate surface area is 112 Å². The normalized spacial score (nSPS) is 9.68. The highest BCUT2D eigenvalue weighted by Crippen LogP contribution is 2.19. The van der Waals surface area contributed by atoms with E-state index in [0.717, 1.165) is 16.9 Å². The number of Topliss-reactive ketones (excluding diaryl/α,β-unsaturated/α-hetero) is 1. The van der Waals surface area contributed by atoms with Crippen LogP contribution in [0.4, 0.5) is 0 Å². The molecular weight excluding hydrogens is 238 g/mol. The molecule has 0 aliphatic carbocycles. The van der Waals surface area contributed by atoms with Gasteiger partial charge in [-0.05, 0) is 24.6 Å². The summed E-state index contributed by atoms with van der Waals surface area (Å²) in [6, 6.07) is 16.3. The summed E-state index contributed by atoms with van der Waals surface area (Å²) in [4.78, 5) is 11.5. The summed E-state index contributed by atoms with van der Waals surface area (Å²) in [6.07, 6.45) is 0. The fraction of sp³-hybridized carbons (Fsp3) is 0.125. The predicted molar refractivity (Wildman–Crippen MR) is 71.9 cm³/mol. The van der Waals surface area contributed by atoms with E-state index in [1.54, 1.807) is 24.3 Å². The van der Waals surface area contributed by atoms with Gasteiger partial charge in [0.1, 0.15) is 18.4 Å². The van der Waals surface area contributed by atoms with Gasteiger partial charge in [-0.15, -0.1) is 0 Å². The molecule has 0 fully saturated rings. The first-order valence-electron chi connectivity index (χ1n) is 5.93. The number of hydrogen-bond donors (Lipinski definition) is 0. The Kier molecular flexibility index (Phi) is 3.94. The van der Waals surface area contributed by atoms with Crippen molar-refractivity contribution in [3.05, 3.63) is 65.2 Å². The van der Waals surface area contributed by atoms with Crippen LogP contribution in [0.3, 0.4) is 0 Å². The van der Waals surface area contributed by atoms with Crippen molar-refractivity contribution in [2.45, 2.75) is 13.5 Å². The molecule has 3 nitrogen and oxygen atoms in total. The van der Waals surface area contributed by atoms with Gasteiger partial charge in [0.15, 0.2) is 0 Å². The minimum Gasteiger partial charge on any atom is -0.489 e. The Morgan fingerprint density at radius 1 is 1.16 bits per heavy atom. The lowest BCUT2D eigenvalue weighted by Gasteiger charge is -2.10. The predicted octanol–water partition coefficient (Wildman–Crippen LogP) is 3.28. The highest BCUT2D eigenvalue weighted by molar-refractivity contribution is 6.08. The molecule has 0 N–H and O–H groups in total. The first-order valence-corrected chi connectivity index (χ1v) is 5.93. The van der Waals surface area contributed by atoms with E-state index >= 15 is 0 Å². The Bertz CT molecular complexity index is 641. The molecule has 0 radical (unpaired) electrons. The molecule has 0 aliphatic heterocycles. The first kappa shape index (κ1) is 12.8. The lowest BCUT2D eigenvalue weighted by molar-refractivity contribution is 0.105. The molecule has 0 saturated carbocycles. The maximum atomic E-state index is 11.5. The molecule has 3 heteroatoms. The highest BCUT2D eigenvalue weighted by atomic mass is 16.5. The molecule has 2 aromatic rings. The van der Waals surface area contributed by atoms with Gasteiger partial charge in [-0.2, -0.15) is 5.26 Å². The third-order valence-corrected chi connectivity index (χ3v) is 2.84. The van der Waals surface area contributed by atoms with Crippen molar-refractivity contribution >= 4 is 5.78 Å². The summed E-state index contributed by atoms with van der Waals surface area (Å²) in [7, 11) is 0. The lowest BCUT2D eigenvalue weighted by Crippen LogP contribution is -2.05. The SMILES string of the molecule is Cc1ccccc1OCc1ccccc1C(=O)C#N. The smallest absolute Gasteiger partial charge is 0.262 e. The van der Waals surface area contributed by atoms with Crippen LogP contribution in [0.15, 0.2) is 48.5 Å². The summed E-state index contributed by atoms with van der Waals surface area (Å²) in [5, 5.41) is 8.70. The average molecular weight is 251 g/mol. The number of hydrogen-bond acceptors (Lipinski definition) is 3. The topological polar surface area (TPSA) is 50.1 Å². The van der Waals surface area contributed by atoms with E-state index in [9.17, 15) is 4.79 Å². The van der Waals surface area contributed by atoms with E-state index in [-0.39, 0.29) is 6.61 Å². The second-order valence-electron chi connectivity index (χ2n) is 4.15. The van der Waals surface area contributed by atoms with Crippen LogP contribution in [0.2, 0.25) is 0 Å². The molecule has 2 aromatic carbocycles. The summed E-state index contributed by atoms with van der Waals surface area (Å²) in [6.45, 7) is 2.23. The summed E-state index contributed by atoms with van der Waals surface area (Å²) in [5.41, 5.74) is 2.16. The van der Waals surface area contributed by atoms with Crippen molar-refractivity contribution in [3.63, 3.8) is 0 Å². The van der Waals surface area contributed by atoms with Gasteiger partial charge < -0.3 is 4.74 Å². The Morgan fingerprint density at radius 2 is 1.84 bits per heavy atom. The van der Waals surface area contributed by atoms with Crippen LogP contribution in [-0.4, -0.2) is 5.78 Å². The zero-order chi connectivity index (χ0) is 13.7.